The maximum atomic E-state index is 11.6. The van der Waals surface area contributed by atoms with Crippen LogP contribution in [0.5, 0.6) is 11.5 Å². The second-order valence-corrected chi connectivity index (χ2v) is 4.14. The first kappa shape index (κ1) is 15.3. The molecule has 106 valence electrons. The molecule has 0 unspecified atom stereocenters. The Hall–Kier alpha value is -1.75. The van der Waals surface area contributed by atoms with Gasteiger partial charge in [0.25, 0.3) is 0 Å². The number of aliphatic hydroxyl groups is 1. The summed E-state index contributed by atoms with van der Waals surface area (Å²) in [5.74, 6) is 1.42. The van der Waals surface area contributed by atoms with Gasteiger partial charge in [0.1, 0.15) is 11.5 Å². The molecule has 1 rings (SSSR count). The largest absolute Gasteiger partial charge is 0.497 e. The number of nitrogens with one attached hydrogen (secondary N) is 1. The first-order valence-corrected chi connectivity index (χ1v) is 6.29. The molecule has 0 fully saturated rings. The van der Waals surface area contributed by atoms with Crippen LogP contribution in [0.2, 0.25) is 0 Å². The molecular weight excluding hydrogens is 246 g/mol. The van der Waals surface area contributed by atoms with Crippen LogP contribution in [0.25, 0.3) is 0 Å². The van der Waals surface area contributed by atoms with Gasteiger partial charge in [0.15, 0.2) is 0 Å². The summed E-state index contributed by atoms with van der Waals surface area (Å²) in [6.07, 6.45) is 1.76. The summed E-state index contributed by atoms with van der Waals surface area (Å²) in [4.78, 5) is 11.6. The van der Waals surface area contributed by atoms with Gasteiger partial charge in [-0.25, -0.2) is 0 Å². The molecule has 1 aromatic rings. The van der Waals surface area contributed by atoms with Crippen LogP contribution >= 0.6 is 0 Å². The number of hydrogen-bond acceptors (Lipinski definition) is 4. The lowest BCUT2D eigenvalue weighted by Gasteiger charge is -2.11. The lowest BCUT2D eigenvalue weighted by Crippen LogP contribution is -2.22. The highest BCUT2D eigenvalue weighted by Gasteiger charge is 2.07. The Morgan fingerprint density at radius 1 is 1.26 bits per heavy atom. The van der Waals surface area contributed by atoms with Crippen molar-refractivity contribution in [1.82, 2.24) is 5.32 Å². The van der Waals surface area contributed by atoms with Gasteiger partial charge in [0.05, 0.1) is 14.2 Å². The van der Waals surface area contributed by atoms with Crippen molar-refractivity contribution in [1.29, 1.82) is 0 Å². The minimum Gasteiger partial charge on any atom is -0.497 e. The maximum absolute atomic E-state index is 11.6. The highest BCUT2D eigenvalue weighted by molar-refractivity contribution is 5.75. The van der Waals surface area contributed by atoms with Gasteiger partial charge in [0, 0.05) is 25.1 Å². The first-order chi connectivity index (χ1) is 9.21. The molecule has 2 N–H and O–H groups in total. The number of carbonyl (C=O) groups is 1. The van der Waals surface area contributed by atoms with Crippen LogP contribution in [0.4, 0.5) is 0 Å². The number of benzene rings is 1. The number of aliphatic hydroxyl groups excluding tert-OH is 1. The van der Waals surface area contributed by atoms with Crippen molar-refractivity contribution in [3.05, 3.63) is 23.8 Å². The standard InChI is InChI=1S/C14H21NO4/c1-18-12-6-7-13(19-2)11(9-12)10-15-14(17)5-3-4-8-16/h6-7,9,16H,3-5,8,10H2,1-2H3,(H,15,17). The van der Waals surface area contributed by atoms with Crippen LogP contribution in [0.1, 0.15) is 24.8 Å². The molecule has 0 aliphatic rings. The average molecular weight is 267 g/mol. The molecule has 0 saturated heterocycles. The fraction of sp³-hybridized carbons (Fsp3) is 0.500. The van der Waals surface area contributed by atoms with Crippen molar-refractivity contribution < 1.29 is 19.4 Å². The van der Waals surface area contributed by atoms with E-state index in [2.05, 4.69) is 5.32 Å². The number of amides is 1. The summed E-state index contributed by atoms with van der Waals surface area (Å²) in [7, 11) is 3.19. The van der Waals surface area contributed by atoms with Crippen LogP contribution in [0.3, 0.4) is 0 Å². The van der Waals surface area contributed by atoms with Gasteiger partial charge in [-0.3, -0.25) is 4.79 Å². The van der Waals surface area contributed by atoms with Gasteiger partial charge in [0.2, 0.25) is 5.91 Å². The normalized spacial score (nSPS) is 10.1. The van der Waals surface area contributed by atoms with Crippen LogP contribution in [-0.4, -0.2) is 31.8 Å². The molecule has 0 saturated carbocycles. The third kappa shape index (κ3) is 5.18. The fourth-order valence-electron chi connectivity index (χ4n) is 1.70. The summed E-state index contributed by atoms with van der Waals surface area (Å²) in [5, 5.41) is 11.5. The first-order valence-electron chi connectivity index (χ1n) is 6.29. The van der Waals surface area contributed by atoms with E-state index in [1.54, 1.807) is 14.2 Å². The van der Waals surface area contributed by atoms with Crippen molar-refractivity contribution in [3.63, 3.8) is 0 Å². The van der Waals surface area contributed by atoms with E-state index in [4.69, 9.17) is 14.6 Å². The van der Waals surface area contributed by atoms with E-state index < -0.39 is 0 Å². The molecule has 0 aliphatic heterocycles. The molecule has 0 aromatic heterocycles. The zero-order valence-electron chi connectivity index (χ0n) is 11.4. The van der Waals surface area contributed by atoms with E-state index in [-0.39, 0.29) is 12.5 Å². The molecule has 0 aliphatic carbocycles. The maximum Gasteiger partial charge on any atom is 0.220 e. The summed E-state index contributed by atoms with van der Waals surface area (Å²) in [6, 6.07) is 5.46. The predicted molar refractivity (Wildman–Crippen MR) is 72.3 cm³/mol. The highest BCUT2D eigenvalue weighted by Crippen LogP contribution is 2.23. The molecule has 5 nitrogen and oxygen atoms in total. The zero-order chi connectivity index (χ0) is 14.1. The van der Waals surface area contributed by atoms with E-state index in [0.717, 1.165) is 17.1 Å². The second-order valence-electron chi connectivity index (χ2n) is 4.14. The van der Waals surface area contributed by atoms with Gasteiger partial charge in [-0.2, -0.15) is 0 Å². The Morgan fingerprint density at radius 2 is 2.05 bits per heavy atom. The molecule has 1 amide bonds. The summed E-state index contributed by atoms with van der Waals surface area (Å²) < 4.78 is 10.4. The molecule has 0 heterocycles. The van der Waals surface area contributed by atoms with Crippen molar-refractivity contribution in [3.8, 4) is 11.5 Å². The number of methoxy groups -OCH3 is 2. The third-order valence-corrected chi connectivity index (χ3v) is 2.78. The number of ether oxygens (including phenoxy) is 2. The van der Waals surface area contributed by atoms with E-state index in [9.17, 15) is 4.79 Å². The number of carbonyl (C=O) groups excluding carboxylic acids is 1. The molecule has 0 radical (unpaired) electrons. The molecule has 0 bridgehead atoms. The summed E-state index contributed by atoms with van der Waals surface area (Å²) >= 11 is 0. The molecule has 1 aromatic carbocycles. The quantitative estimate of drug-likeness (QED) is 0.700. The van der Waals surface area contributed by atoms with Crippen molar-refractivity contribution >= 4 is 5.91 Å². The molecule has 0 spiro atoms. The smallest absolute Gasteiger partial charge is 0.220 e. The monoisotopic (exact) mass is 267 g/mol. The van der Waals surface area contributed by atoms with E-state index >= 15 is 0 Å². The average Bonchev–Trinajstić information content (AvgIpc) is 2.45. The van der Waals surface area contributed by atoms with Gasteiger partial charge >= 0.3 is 0 Å². The van der Waals surface area contributed by atoms with Gasteiger partial charge in [-0.05, 0) is 31.0 Å². The van der Waals surface area contributed by atoms with Gasteiger partial charge < -0.3 is 19.9 Å². The van der Waals surface area contributed by atoms with Crippen LogP contribution in [0, 0.1) is 0 Å². The zero-order valence-corrected chi connectivity index (χ0v) is 11.4. The van der Waals surface area contributed by atoms with Gasteiger partial charge in [-0.15, -0.1) is 0 Å². The molecule has 19 heavy (non-hydrogen) atoms. The van der Waals surface area contributed by atoms with E-state index in [0.29, 0.717) is 25.8 Å². The Morgan fingerprint density at radius 3 is 2.68 bits per heavy atom. The Bertz CT molecular complexity index is 406. The highest BCUT2D eigenvalue weighted by atomic mass is 16.5. The van der Waals surface area contributed by atoms with Gasteiger partial charge in [-0.1, -0.05) is 0 Å². The fourth-order valence-corrected chi connectivity index (χ4v) is 1.70. The van der Waals surface area contributed by atoms with Crippen LogP contribution in [-0.2, 0) is 11.3 Å². The lowest BCUT2D eigenvalue weighted by molar-refractivity contribution is -0.121. The summed E-state index contributed by atoms with van der Waals surface area (Å²) in [6.45, 7) is 0.523. The third-order valence-electron chi connectivity index (χ3n) is 2.78. The number of rotatable bonds is 8. The minimum absolute atomic E-state index is 0.0293. The molecule has 0 atom stereocenters. The van der Waals surface area contributed by atoms with E-state index in [1.807, 2.05) is 18.2 Å². The minimum atomic E-state index is -0.0293. The topological polar surface area (TPSA) is 67.8 Å². The van der Waals surface area contributed by atoms with Crippen molar-refractivity contribution in [2.75, 3.05) is 20.8 Å². The predicted octanol–water partition coefficient (Wildman–Crippen LogP) is 1.48. The van der Waals surface area contributed by atoms with Crippen molar-refractivity contribution in [2.24, 2.45) is 0 Å². The Balaban J connectivity index is 2.53. The second kappa shape index (κ2) is 8.37. The SMILES string of the molecule is COc1ccc(OC)c(CNC(=O)CCCCO)c1. The Labute approximate surface area is 113 Å². The molecule has 5 heteroatoms. The van der Waals surface area contributed by atoms with Crippen LogP contribution < -0.4 is 14.8 Å². The molecular formula is C14H21NO4. The Kier molecular flexibility index (Phi) is 6.74. The van der Waals surface area contributed by atoms with Crippen molar-refractivity contribution in [2.45, 2.75) is 25.8 Å². The summed E-state index contributed by atoms with van der Waals surface area (Å²) in [5.41, 5.74) is 0.873. The van der Waals surface area contributed by atoms with Crippen LogP contribution in [0.15, 0.2) is 18.2 Å². The van der Waals surface area contributed by atoms with E-state index in [1.165, 1.54) is 0 Å². The number of unbranched alkanes of at least 4 members (excludes halogenated alkanes) is 1. The lowest BCUT2D eigenvalue weighted by atomic mass is 10.1. The number of hydrogen-bond donors (Lipinski definition) is 2.